The average molecular weight is 509 g/mol. The van der Waals surface area contributed by atoms with Crippen molar-refractivity contribution in [3.05, 3.63) is 29.3 Å². The SMILES string of the molecule is FCCCC[Si@H]1CC[C@H](CCCC[C@H]2CC[C@H](c3cc(F)c(OC(F)(F)F)c(F)c3)CC2)CC1. The van der Waals surface area contributed by atoms with Gasteiger partial charge >= 0.3 is 6.36 Å². The Balaban J connectivity index is 1.32. The molecule has 1 aliphatic carbocycles. The number of hydrogen-bond donors (Lipinski definition) is 0. The van der Waals surface area contributed by atoms with Crippen LogP contribution in [0.2, 0.25) is 18.1 Å². The van der Waals surface area contributed by atoms with Crippen molar-refractivity contribution in [2.24, 2.45) is 11.8 Å². The maximum Gasteiger partial charge on any atom is 0.573 e. The second kappa shape index (κ2) is 13.2. The fourth-order valence-electron chi connectivity index (χ4n) is 6.02. The quantitative estimate of drug-likeness (QED) is 0.165. The zero-order valence-corrected chi connectivity index (χ0v) is 21.1. The van der Waals surface area contributed by atoms with Crippen LogP contribution in [-0.4, -0.2) is 21.8 Å². The van der Waals surface area contributed by atoms with E-state index in [9.17, 15) is 26.3 Å². The summed E-state index contributed by atoms with van der Waals surface area (Å²) in [5.74, 6) is -2.51. The maximum absolute atomic E-state index is 14.0. The number of benzene rings is 1. The molecule has 2 fully saturated rings. The first kappa shape index (κ1) is 27.4. The molecule has 1 nitrogen and oxygen atoms in total. The summed E-state index contributed by atoms with van der Waals surface area (Å²) in [6.45, 7) is -0.170. The van der Waals surface area contributed by atoms with E-state index < -0.39 is 32.5 Å². The van der Waals surface area contributed by atoms with Gasteiger partial charge in [0.2, 0.25) is 5.75 Å². The third kappa shape index (κ3) is 8.79. The Bertz CT molecular complexity index is 716. The molecule has 3 rings (SSSR count). The van der Waals surface area contributed by atoms with Crippen molar-refractivity contribution in [3.8, 4) is 5.75 Å². The summed E-state index contributed by atoms with van der Waals surface area (Å²) in [4.78, 5) is 0. The molecule has 8 heteroatoms. The van der Waals surface area contributed by atoms with Crippen LogP contribution in [0.1, 0.15) is 88.5 Å². The molecule has 2 aliphatic rings. The third-order valence-corrected chi connectivity index (χ3v) is 11.5. The average Bonchev–Trinajstić information content (AvgIpc) is 2.80. The van der Waals surface area contributed by atoms with Gasteiger partial charge in [0.1, 0.15) is 0 Å². The second-order valence-electron chi connectivity index (χ2n) is 10.4. The van der Waals surface area contributed by atoms with Crippen LogP contribution >= 0.6 is 0 Å². The molecule has 1 saturated carbocycles. The molecule has 0 radical (unpaired) electrons. The predicted octanol–water partition coefficient (Wildman–Crippen LogP) is 9.08. The summed E-state index contributed by atoms with van der Waals surface area (Å²) in [5.41, 5.74) is 0.423. The fourth-order valence-corrected chi connectivity index (χ4v) is 9.63. The molecular weight excluding hydrogens is 470 g/mol. The minimum atomic E-state index is -5.13. The van der Waals surface area contributed by atoms with E-state index in [4.69, 9.17) is 0 Å². The lowest BCUT2D eigenvalue weighted by atomic mass is 9.77. The van der Waals surface area contributed by atoms with E-state index in [-0.39, 0.29) is 12.6 Å². The van der Waals surface area contributed by atoms with Crippen LogP contribution in [0.3, 0.4) is 0 Å². The Morgan fingerprint density at radius 2 is 1.35 bits per heavy atom. The lowest BCUT2D eigenvalue weighted by Crippen LogP contribution is -2.21. The molecule has 0 amide bonds. The molecule has 0 bridgehead atoms. The van der Waals surface area contributed by atoms with Gasteiger partial charge in [-0.3, -0.25) is 4.39 Å². The Kier molecular flexibility index (Phi) is 10.7. The van der Waals surface area contributed by atoms with E-state index in [2.05, 4.69) is 4.74 Å². The number of rotatable bonds is 11. The Morgan fingerprint density at radius 1 is 0.794 bits per heavy atom. The monoisotopic (exact) mass is 508 g/mol. The predicted molar refractivity (Wildman–Crippen MR) is 126 cm³/mol. The van der Waals surface area contributed by atoms with E-state index >= 15 is 0 Å². The van der Waals surface area contributed by atoms with Crippen molar-refractivity contribution in [1.82, 2.24) is 0 Å². The fraction of sp³-hybridized carbons (Fsp3) is 0.769. The van der Waals surface area contributed by atoms with Gasteiger partial charge in [-0.1, -0.05) is 63.1 Å². The van der Waals surface area contributed by atoms with Crippen molar-refractivity contribution in [1.29, 1.82) is 0 Å². The molecule has 1 aromatic rings. The van der Waals surface area contributed by atoms with E-state index in [0.717, 1.165) is 56.6 Å². The summed E-state index contributed by atoms with van der Waals surface area (Å²) in [6, 6.07) is 6.18. The zero-order valence-electron chi connectivity index (χ0n) is 20.0. The number of halogens is 6. The van der Waals surface area contributed by atoms with Gasteiger partial charge in [-0.2, -0.15) is 0 Å². The number of unbranched alkanes of at least 4 members (excludes halogenated alkanes) is 2. The zero-order chi connectivity index (χ0) is 24.6. The number of alkyl halides is 4. The van der Waals surface area contributed by atoms with Crippen LogP contribution in [0.15, 0.2) is 12.1 Å². The van der Waals surface area contributed by atoms with Crippen LogP contribution < -0.4 is 4.74 Å². The van der Waals surface area contributed by atoms with E-state index in [1.165, 1.54) is 56.7 Å². The summed E-state index contributed by atoms with van der Waals surface area (Å²) in [5, 5.41) is 0. The lowest BCUT2D eigenvalue weighted by Gasteiger charge is -2.30. The first-order valence-corrected chi connectivity index (χ1v) is 15.5. The molecular formula is C26H38F6OSi. The molecule has 0 N–H and O–H groups in total. The van der Waals surface area contributed by atoms with Gasteiger partial charge in [-0.15, -0.1) is 13.2 Å². The smallest absolute Gasteiger partial charge is 0.399 e. The van der Waals surface area contributed by atoms with Crippen molar-refractivity contribution in [2.75, 3.05) is 6.67 Å². The highest BCUT2D eigenvalue weighted by Gasteiger charge is 2.34. The van der Waals surface area contributed by atoms with Crippen molar-refractivity contribution in [2.45, 2.75) is 107 Å². The van der Waals surface area contributed by atoms with E-state index in [1.807, 2.05) is 0 Å². The van der Waals surface area contributed by atoms with Crippen LogP contribution in [0, 0.1) is 23.5 Å². The van der Waals surface area contributed by atoms with Gasteiger partial charge in [0.15, 0.2) is 11.6 Å². The Hall–Kier alpha value is -1.18. The first-order valence-electron chi connectivity index (χ1n) is 13.1. The largest absolute Gasteiger partial charge is 0.573 e. The molecule has 1 heterocycles. The minimum absolute atomic E-state index is 0.0237. The van der Waals surface area contributed by atoms with Gasteiger partial charge < -0.3 is 4.74 Å². The molecule has 0 unspecified atom stereocenters. The van der Waals surface area contributed by atoms with Crippen LogP contribution in [0.5, 0.6) is 5.75 Å². The van der Waals surface area contributed by atoms with Gasteiger partial charge in [-0.25, -0.2) is 8.78 Å². The van der Waals surface area contributed by atoms with Gasteiger partial charge in [0.05, 0.1) is 6.67 Å². The molecule has 1 aliphatic heterocycles. The molecule has 0 aromatic heterocycles. The topological polar surface area (TPSA) is 9.23 Å². The van der Waals surface area contributed by atoms with Crippen LogP contribution in [-0.2, 0) is 0 Å². The minimum Gasteiger partial charge on any atom is -0.399 e. The molecule has 1 aromatic carbocycles. The molecule has 194 valence electrons. The second-order valence-corrected chi connectivity index (χ2v) is 13.9. The highest BCUT2D eigenvalue weighted by molar-refractivity contribution is 6.58. The van der Waals surface area contributed by atoms with E-state index in [0.29, 0.717) is 11.5 Å². The molecule has 34 heavy (non-hydrogen) atoms. The number of hydrogen-bond acceptors (Lipinski definition) is 1. The molecule has 0 spiro atoms. The van der Waals surface area contributed by atoms with E-state index in [1.54, 1.807) is 0 Å². The van der Waals surface area contributed by atoms with Gasteiger partial charge in [0.25, 0.3) is 0 Å². The normalized spacial score (nSPS) is 25.9. The van der Waals surface area contributed by atoms with Crippen molar-refractivity contribution in [3.63, 3.8) is 0 Å². The van der Waals surface area contributed by atoms with Gasteiger partial charge in [0, 0.05) is 8.80 Å². The number of ether oxygens (including phenoxy) is 1. The Labute approximate surface area is 201 Å². The summed E-state index contributed by atoms with van der Waals surface area (Å²) in [6.07, 6.45) is 8.01. The Morgan fingerprint density at radius 3 is 1.88 bits per heavy atom. The summed E-state index contributed by atoms with van der Waals surface area (Å²) < 4.78 is 80.8. The first-order chi connectivity index (χ1) is 16.2. The van der Waals surface area contributed by atoms with Crippen LogP contribution in [0.25, 0.3) is 0 Å². The van der Waals surface area contributed by atoms with Crippen molar-refractivity contribution < 1.29 is 31.1 Å². The molecule has 0 atom stereocenters. The summed E-state index contributed by atoms with van der Waals surface area (Å²) in [7, 11) is -0.582. The highest BCUT2D eigenvalue weighted by atomic mass is 28.3. The molecule has 1 saturated heterocycles. The highest BCUT2D eigenvalue weighted by Crippen LogP contribution is 2.40. The maximum atomic E-state index is 14.0. The van der Waals surface area contributed by atoms with Crippen molar-refractivity contribution >= 4 is 8.80 Å². The summed E-state index contributed by atoms with van der Waals surface area (Å²) >= 11 is 0. The lowest BCUT2D eigenvalue weighted by molar-refractivity contribution is -0.276. The van der Waals surface area contributed by atoms with Gasteiger partial charge in [-0.05, 0) is 67.6 Å². The third-order valence-electron chi connectivity index (χ3n) is 7.99. The standard InChI is InChI=1S/C26H38F6OSi/c27-13-3-4-14-34-15-11-20(12-16-34)6-2-1-5-19-7-9-21(10-8-19)22-17-23(28)25(24(29)18-22)33-26(30,31)32/h17-21,34H,1-16H2/t19-,20-,21-,34-. The van der Waals surface area contributed by atoms with Crippen LogP contribution in [0.4, 0.5) is 26.3 Å².